The third-order valence-corrected chi connectivity index (χ3v) is 4.75. The fourth-order valence-electron chi connectivity index (χ4n) is 2.86. The first kappa shape index (κ1) is 14.6. The average Bonchev–Trinajstić information content (AvgIpc) is 3.24. The van der Waals surface area contributed by atoms with E-state index in [4.69, 9.17) is 28.9 Å². The quantitative estimate of drug-likeness (QED) is 0.820. The molecule has 20 heavy (non-hydrogen) atoms. The highest BCUT2D eigenvalue weighted by Gasteiger charge is 2.32. The number of halogens is 2. The molecule has 0 aliphatic heterocycles. The van der Waals surface area contributed by atoms with E-state index in [9.17, 15) is 0 Å². The molecule has 2 aliphatic carbocycles. The van der Waals surface area contributed by atoms with Crippen molar-refractivity contribution in [3.63, 3.8) is 0 Å². The molecule has 0 aromatic heterocycles. The summed E-state index contributed by atoms with van der Waals surface area (Å²) < 4.78 is 0. The van der Waals surface area contributed by atoms with E-state index >= 15 is 0 Å². The van der Waals surface area contributed by atoms with Gasteiger partial charge in [0, 0.05) is 35.7 Å². The summed E-state index contributed by atoms with van der Waals surface area (Å²) in [5.74, 6) is 1.75. The molecule has 2 nitrogen and oxygen atoms in total. The number of hydrogen-bond donors (Lipinski definition) is 1. The van der Waals surface area contributed by atoms with Gasteiger partial charge >= 0.3 is 0 Å². The first-order valence-corrected chi connectivity index (χ1v) is 8.31. The number of rotatable bonds is 7. The van der Waals surface area contributed by atoms with E-state index in [0.29, 0.717) is 16.6 Å². The second-order valence-corrected chi connectivity index (χ2v) is 7.17. The second-order valence-electron chi connectivity index (χ2n) is 6.29. The maximum Gasteiger partial charge on any atom is 0.0471 e. The molecule has 1 aromatic carbocycles. The number of nitrogens with two attached hydrogens (primary N) is 1. The highest BCUT2D eigenvalue weighted by atomic mass is 35.5. The Morgan fingerprint density at radius 2 is 1.50 bits per heavy atom. The van der Waals surface area contributed by atoms with Crippen LogP contribution in [0.25, 0.3) is 0 Å². The van der Waals surface area contributed by atoms with E-state index < -0.39 is 0 Å². The maximum absolute atomic E-state index is 6.15. The minimum Gasteiger partial charge on any atom is -0.329 e. The van der Waals surface area contributed by atoms with Crippen LogP contribution in [0.15, 0.2) is 18.2 Å². The third-order valence-electron chi connectivity index (χ3n) is 4.31. The van der Waals surface area contributed by atoms with Crippen LogP contribution in [0.5, 0.6) is 0 Å². The van der Waals surface area contributed by atoms with Crippen LogP contribution < -0.4 is 5.73 Å². The Morgan fingerprint density at radius 1 is 1.00 bits per heavy atom. The zero-order chi connectivity index (χ0) is 14.1. The van der Waals surface area contributed by atoms with Crippen LogP contribution >= 0.6 is 23.2 Å². The molecule has 3 rings (SSSR count). The fourth-order valence-corrected chi connectivity index (χ4v) is 3.40. The Morgan fingerprint density at radius 3 is 1.90 bits per heavy atom. The summed E-state index contributed by atoms with van der Waals surface area (Å²) in [5.41, 5.74) is 7.23. The smallest absolute Gasteiger partial charge is 0.0471 e. The van der Waals surface area contributed by atoms with Crippen molar-refractivity contribution in [2.75, 3.05) is 19.6 Å². The van der Waals surface area contributed by atoms with Crippen LogP contribution in [0.3, 0.4) is 0 Å². The Labute approximate surface area is 131 Å². The molecule has 2 aliphatic rings. The third kappa shape index (κ3) is 3.88. The molecule has 0 bridgehead atoms. The van der Waals surface area contributed by atoms with Gasteiger partial charge in [-0.2, -0.15) is 0 Å². The number of hydrogen-bond acceptors (Lipinski definition) is 2. The molecular formula is C16H22Cl2N2. The molecular weight excluding hydrogens is 291 g/mol. The lowest BCUT2D eigenvalue weighted by Gasteiger charge is -2.31. The normalized spacial score (nSPS) is 20.4. The largest absolute Gasteiger partial charge is 0.329 e. The SMILES string of the molecule is NCC(c1cc(Cl)cc(Cl)c1)N(CC1CC1)CC1CC1. The molecule has 0 heterocycles. The van der Waals surface area contributed by atoms with Gasteiger partial charge in [-0.3, -0.25) is 4.90 Å². The Balaban J connectivity index is 1.79. The summed E-state index contributed by atoms with van der Waals surface area (Å²) in [4.78, 5) is 2.57. The summed E-state index contributed by atoms with van der Waals surface area (Å²) in [6, 6.07) is 6.05. The van der Waals surface area contributed by atoms with Crippen LogP contribution in [0.1, 0.15) is 37.3 Å². The maximum atomic E-state index is 6.15. The summed E-state index contributed by atoms with van der Waals surface area (Å²) in [5, 5.41) is 1.40. The molecule has 4 heteroatoms. The predicted octanol–water partition coefficient (Wildman–Crippen LogP) is 4.12. The van der Waals surface area contributed by atoms with Gasteiger partial charge in [-0.25, -0.2) is 0 Å². The van der Waals surface area contributed by atoms with Crippen molar-refractivity contribution in [1.29, 1.82) is 0 Å². The van der Waals surface area contributed by atoms with Gasteiger partial charge in [0.1, 0.15) is 0 Å². The van der Waals surface area contributed by atoms with E-state index in [2.05, 4.69) is 4.90 Å². The zero-order valence-corrected chi connectivity index (χ0v) is 13.2. The second kappa shape index (κ2) is 6.23. The summed E-state index contributed by atoms with van der Waals surface area (Å²) in [7, 11) is 0. The van der Waals surface area contributed by atoms with Gasteiger partial charge in [0.2, 0.25) is 0 Å². The minimum absolute atomic E-state index is 0.243. The molecule has 0 saturated heterocycles. The standard InChI is InChI=1S/C16H22Cl2N2/c17-14-5-13(6-15(18)7-14)16(8-19)20(9-11-1-2-11)10-12-3-4-12/h5-7,11-12,16H,1-4,8-10,19H2. The summed E-state index contributed by atoms with van der Waals surface area (Å²) in [6.07, 6.45) is 5.48. The molecule has 0 radical (unpaired) electrons. The van der Waals surface area contributed by atoms with E-state index in [1.807, 2.05) is 12.1 Å². The van der Waals surface area contributed by atoms with Crippen molar-refractivity contribution in [2.45, 2.75) is 31.7 Å². The Bertz CT molecular complexity index is 435. The van der Waals surface area contributed by atoms with E-state index in [-0.39, 0.29) is 6.04 Å². The van der Waals surface area contributed by atoms with Crippen LogP contribution in [0.2, 0.25) is 10.0 Å². The van der Waals surface area contributed by atoms with Crippen molar-refractivity contribution >= 4 is 23.2 Å². The lowest BCUT2D eigenvalue weighted by molar-refractivity contribution is 0.185. The zero-order valence-electron chi connectivity index (χ0n) is 11.7. The molecule has 0 amide bonds. The fraction of sp³-hybridized carbons (Fsp3) is 0.625. The molecule has 2 N–H and O–H groups in total. The van der Waals surface area contributed by atoms with Crippen LogP contribution in [0, 0.1) is 11.8 Å². The lowest BCUT2D eigenvalue weighted by Crippen LogP contribution is -2.36. The van der Waals surface area contributed by atoms with Gasteiger partial charge in [-0.15, -0.1) is 0 Å². The Hall–Kier alpha value is -0.280. The number of benzene rings is 1. The molecule has 1 aromatic rings. The van der Waals surface area contributed by atoms with Gasteiger partial charge < -0.3 is 5.73 Å². The van der Waals surface area contributed by atoms with Crippen molar-refractivity contribution in [3.8, 4) is 0 Å². The highest BCUT2D eigenvalue weighted by molar-refractivity contribution is 6.34. The summed E-state index contributed by atoms with van der Waals surface area (Å²) in [6.45, 7) is 2.96. The highest BCUT2D eigenvalue weighted by Crippen LogP contribution is 2.37. The molecule has 2 saturated carbocycles. The molecule has 110 valence electrons. The van der Waals surface area contributed by atoms with E-state index in [0.717, 1.165) is 17.4 Å². The topological polar surface area (TPSA) is 29.3 Å². The van der Waals surface area contributed by atoms with Crippen molar-refractivity contribution in [1.82, 2.24) is 4.90 Å². The van der Waals surface area contributed by atoms with Crippen LogP contribution in [0.4, 0.5) is 0 Å². The van der Waals surface area contributed by atoms with Crippen LogP contribution in [-0.2, 0) is 0 Å². The number of nitrogens with zero attached hydrogens (tertiary/aromatic N) is 1. The molecule has 1 unspecified atom stereocenters. The predicted molar refractivity (Wildman–Crippen MR) is 85.3 cm³/mol. The molecule has 0 spiro atoms. The average molecular weight is 313 g/mol. The van der Waals surface area contributed by atoms with Crippen LogP contribution in [-0.4, -0.2) is 24.5 Å². The van der Waals surface area contributed by atoms with Crippen molar-refractivity contribution < 1.29 is 0 Å². The summed E-state index contributed by atoms with van der Waals surface area (Å²) >= 11 is 12.3. The Kier molecular flexibility index (Phi) is 4.56. The van der Waals surface area contributed by atoms with E-state index in [1.54, 1.807) is 6.07 Å². The van der Waals surface area contributed by atoms with Gasteiger partial charge in [-0.05, 0) is 61.3 Å². The van der Waals surface area contributed by atoms with Crippen molar-refractivity contribution in [3.05, 3.63) is 33.8 Å². The first-order valence-electron chi connectivity index (χ1n) is 7.56. The van der Waals surface area contributed by atoms with Gasteiger partial charge in [0.25, 0.3) is 0 Å². The van der Waals surface area contributed by atoms with E-state index in [1.165, 1.54) is 38.8 Å². The molecule has 2 fully saturated rings. The van der Waals surface area contributed by atoms with Gasteiger partial charge in [0.15, 0.2) is 0 Å². The monoisotopic (exact) mass is 312 g/mol. The first-order chi connectivity index (χ1) is 9.65. The molecule has 1 atom stereocenters. The van der Waals surface area contributed by atoms with Gasteiger partial charge in [-0.1, -0.05) is 23.2 Å². The van der Waals surface area contributed by atoms with Crippen molar-refractivity contribution in [2.24, 2.45) is 17.6 Å². The minimum atomic E-state index is 0.243. The lowest BCUT2D eigenvalue weighted by atomic mass is 10.0. The van der Waals surface area contributed by atoms with Gasteiger partial charge in [0.05, 0.1) is 0 Å².